The molecule has 1 aromatic heterocycles. The number of hydrogen-bond acceptors (Lipinski definition) is 5. The quantitative estimate of drug-likeness (QED) is 0.285. The van der Waals surface area contributed by atoms with E-state index < -0.39 is 12.0 Å². The molecule has 0 aliphatic rings. The van der Waals surface area contributed by atoms with Crippen molar-refractivity contribution in [2.75, 3.05) is 27.7 Å². The van der Waals surface area contributed by atoms with Crippen molar-refractivity contribution in [1.82, 2.24) is 20.2 Å². The molecule has 2 N–H and O–H groups in total. The van der Waals surface area contributed by atoms with Crippen LogP contribution in [-0.4, -0.2) is 59.6 Å². The van der Waals surface area contributed by atoms with Crippen LogP contribution in [0.15, 0.2) is 36.5 Å². The third-order valence-corrected chi connectivity index (χ3v) is 5.49. The van der Waals surface area contributed by atoms with Crippen molar-refractivity contribution in [2.45, 2.75) is 50.7 Å². The monoisotopic (exact) mass is 436 g/mol. The summed E-state index contributed by atoms with van der Waals surface area (Å²) in [5.74, 6) is -0.574. The van der Waals surface area contributed by atoms with E-state index in [4.69, 9.17) is 21.5 Å². The lowest BCUT2D eigenvalue weighted by Crippen LogP contribution is -2.32. The zero-order valence-corrected chi connectivity index (χ0v) is 18.8. The minimum absolute atomic E-state index is 0.0548. The van der Waals surface area contributed by atoms with Crippen LogP contribution in [0.4, 0.5) is 0 Å². The predicted octanol–water partition coefficient (Wildman–Crippen LogP) is 3.51. The first-order valence-electron chi connectivity index (χ1n) is 10.3. The Labute approximate surface area is 183 Å². The molecule has 1 amide bonds. The fourth-order valence-corrected chi connectivity index (χ4v) is 3.76. The van der Waals surface area contributed by atoms with E-state index in [0.29, 0.717) is 11.4 Å². The number of rotatable bonds is 13. The first kappa shape index (κ1) is 24.3. The average Bonchev–Trinajstić information content (AvgIpc) is 3.19. The van der Waals surface area contributed by atoms with Crippen molar-refractivity contribution < 1.29 is 14.7 Å². The number of hydrogen-bond donors (Lipinski definition) is 2. The van der Waals surface area contributed by atoms with Crippen LogP contribution < -0.4 is 5.48 Å². The number of aromatic nitrogens is 2. The highest BCUT2D eigenvalue weighted by Crippen LogP contribution is 2.29. The molecule has 2 aromatic rings. The van der Waals surface area contributed by atoms with Crippen molar-refractivity contribution in [3.63, 3.8) is 0 Å². The molecule has 0 saturated heterocycles. The molecule has 2 atom stereocenters. The van der Waals surface area contributed by atoms with Crippen LogP contribution in [0.2, 0.25) is 5.02 Å². The molecule has 1 heterocycles. The van der Waals surface area contributed by atoms with E-state index in [-0.39, 0.29) is 12.3 Å². The molecule has 0 aliphatic carbocycles. The van der Waals surface area contributed by atoms with Crippen LogP contribution in [0.3, 0.4) is 0 Å². The van der Waals surface area contributed by atoms with Gasteiger partial charge in [-0.3, -0.25) is 14.7 Å². The Hall–Kier alpha value is -1.93. The second-order valence-electron chi connectivity index (χ2n) is 7.79. The molecular formula is C22H33ClN4O3. The minimum Gasteiger partial charge on any atom is -0.380 e. The summed E-state index contributed by atoms with van der Waals surface area (Å²) in [5, 5.41) is 14.2. The molecule has 0 radical (unpaired) electrons. The highest BCUT2D eigenvalue weighted by Gasteiger charge is 2.28. The zero-order valence-electron chi connectivity index (χ0n) is 18.1. The lowest BCUT2D eigenvalue weighted by molar-refractivity contribution is -0.132. The van der Waals surface area contributed by atoms with E-state index in [1.807, 2.05) is 35.0 Å². The van der Waals surface area contributed by atoms with E-state index in [2.05, 4.69) is 24.1 Å². The van der Waals surface area contributed by atoms with Gasteiger partial charge in [-0.05, 0) is 63.7 Å². The number of amides is 1. The van der Waals surface area contributed by atoms with Crippen LogP contribution in [0.25, 0.3) is 0 Å². The summed E-state index contributed by atoms with van der Waals surface area (Å²) in [6.07, 6.45) is 5.42. The summed E-state index contributed by atoms with van der Waals surface area (Å²) < 4.78 is 7.70. The van der Waals surface area contributed by atoms with Crippen molar-refractivity contribution in [3.05, 3.63) is 52.8 Å². The first-order chi connectivity index (χ1) is 14.4. The van der Waals surface area contributed by atoms with Gasteiger partial charge in [0.15, 0.2) is 0 Å². The van der Waals surface area contributed by atoms with Crippen molar-refractivity contribution in [2.24, 2.45) is 0 Å². The van der Waals surface area contributed by atoms with Gasteiger partial charge in [0.05, 0.1) is 12.5 Å². The number of methoxy groups -OCH3 is 1. The molecule has 166 valence electrons. The van der Waals surface area contributed by atoms with Gasteiger partial charge in [0.25, 0.3) is 0 Å². The molecule has 30 heavy (non-hydrogen) atoms. The highest BCUT2D eigenvalue weighted by molar-refractivity contribution is 6.30. The number of carbonyl (C=O) groups is 1. The van der Waals surface area contributed by atoms with Gasteiger partial charge in [-0.1, -0.05) is 30.2 Å². The van der Waals surface area contributed by atoms with E-state index in [9.17, 15) is 4.79 Å². The van der Waals surface area contributed by atoms with Gasteiger partial charge in [-0.25, -0.2) is 5.48 Å². The molecule has 2 rings (SSSR count). The van der Waals surface area contributed by atoms with E-state index >= 15 is 0 Å². The summed E-state index contributed by atoms with van der Waals surface area (Å²) in [4.78, 5) is 14.0. The molecule has 0 spiro atoms. The van der Waals surface area contributed by atoms with Crippen LogP contribution in [0.1, 0.15) is 42.9 Å². The van der Waals surface area contributed by atoms with Crippen molar-refractivity contribution >= 4 is 17.5 Å². The number of hydroxylamine groups is 1. The molecule has 0 aliphatic heterocycles. The molecule has 8 heteroatoms. The van der Waals surface area contributed by atoms with Gasteiger partial charge in [-0.15, -0.1) is 0 Å². The Balaban J connectivity index is 2.18. The third-order valence-electron chi connectivity index (χ3n) is 5.24. The lowest BCUT2D eigenvalue weighted by atomic mass is 9.89. The van der Waals surface area contributed by atoms with Crippen LogP contribution in [0, 0.1) is 0 Å². The minimum atomic E-state index is -0.474. The van der Waals surface area contributed by atoms with E-state index in [1.54, 1.807) is 18.8 Å². The van der Waals surface area contributed by atoms with Gasteiger partial charge in [0, 0.05) is 36.5 Å². The maximum Gasteiger partial charge on any atom is 0.245 e. The Bertz CT molecular complexity index is 764. The third kappa shape index (κ3) is 7.72. The molecule has 1 aromatic carbocycles. The number of halogens is 1. The molecule has 1 unspecified atom stereocenters. The molecule has 0 saturated carbocycles. The number of unbranched alkanes of at least 4 members (excludes halogenated alkanes) is 2. The van der Waals surface area contributed by atoms with E-state index in [0.717, 1.165) is 43.6 Å². The second kappa shape index (κ2) is 12.7. The maximum absolute atomic E-state index is 11.9. The highest BCUT2D eigenvalue weighted by atomic mass is 35.5. The maximum atomic E-state index is 11.9. The van der Waals surface area contributed by atoms with Crippen LogP contribution in [0.5, 0.6) is 0 Å². The number of nitrogens with zero attached hydrogens (tertiary/aromatic N) is 3. The molecule has 0 fully saturated rings. The largest absolute Gasteiger partial charge is 0.380 e. The van der Waals surface area contributed by atoms with Gasteiger partial charge in [0.2, 0.25) is 5.91 Å². The average molecular weight is 437 g/mol. The van der Waals surface area contributed by atoms with Gasteiger partial charge in [0.1, 0.15) is 0 Å². The summed E-state index contributed by atoms with van der Waals surface area (Å²) in [5.41, 5.74) is 3.83. The molecule has 7 nitrogen and oxygen atoms in total. The number of carbonyl (C=O) groups excluding carboxylic acids is 1. The number of aryl methyl sites for hydroxylation is 1. The molecular weight excluding hydrogens is 404 g/mol. The summed E-state index contributed by atoms with van der Waals surface area (Å²) >= 11 is 6.03. The van der Waals surface area contributed by atoms with E-state index in [1.165, 1.54) is 0 Å². The first-order valence-corrected chi connectivity index (χ1v) is 10.7. The van der Waals surface area contributed by atoms with Crippen molar-refractivity contribution in [3.8, 4) is 0 Å². The Morgan fingerprint density at radius 1 is 1.23 bits per heavy atom. The number of ether oxygens (including phenoxy) is 1. The fraction of sp³-hybridized carbons (Fsp3) is 0.545. The smallest absolute Gasteiger partial charge is 0.245 e. The predicted molar refractivity (Wildman–Crippen MR) is 118 cm³/mol. The van der Waals surface area contributed by atoms with Gasteiger partial charge in [-0.2, -0.15) is 5.10 Å². The zero-order chi connectivity index (χ0) is 21.9. The molecule has 0 bridgehead atoms. The lowest BCUT2D eigenvalue weighted by Gasteiger charge is -2.26. The SMILES string of the molecule is COC(CC(=O)NO)[C@H](Cc1ccc(Cl)cc1)c1ccnn1CCCCCN(C)C. The summed E-state index contributed by atoms with van der Waals surface area (Å²) in [6, 6.07) is 9.67. The Kier molecular flexibility index (Phi) is 10.3. The normalized spacial score (nSPS) is 13.4. The Morgan fingerprint density at radius 3 is 2.60 bits per heavy atom. The van der Waals surface area contributed by atoms with Crippen LogP contribution in [-0.2, 0) is 22.5 Å². The van der Waals surface area contributed by atoms with Crippen molar-refractivity contribution in [1.29, 1.82) is 0 Å². The summed E-state index contributed by atoms with van der Waals surface area (Å²) in [7, 11) is 5.76. The number of benzene rings is 1. The fourth-order valence-electron chi connectivity index (χ4n) is 3.63. The topological polar surface area (TPSA) is 79.6 Å². The Morgan fingerprint density at radius 2 is 1.97 bits per heavy atom. The summed E-state index contributed by atoms with van der Waals surface area (Å²) in [6.45, 7) is 1.89. The van der Waals surface area contributed by atoms with Gasteiger partial charge < -0.3 is 9.64 Å². The number of nitrogens with one attached hydrogen (secondary N) is 1. The second-order valence-corrected chi connectivity index (χ2v) is 8.23. The van der Waals surface area contributed by atoms with Crippen LogP contribution >= 0.6 is 11.6 Å². The van der Waals surface area contributed by atoms with Gasteiger partial charge >= 0.3 is 0 Å². The standard InChI is InChI=1S/C22H33ClN4O3/c1-26(2)13-5-4-6-14-27-20(11-12-24-27)19(21(30-3)16-22(28)25-29)15-17-7-9-18(23)10-8-17/h7-12,19,21,29H,4-6,13-16H2,1-3H3,(H,25,28)/t19-,21?/m1/s1.